The van der Waals surface area contributed by atoms with Gasteiger partial charge in [0.25, 0.3) is 5.56 Å². The highest BCUT2D eigenvalue weighted by atomic mass is 79.9. The quantitative estimate of drug-likeness (QED) is 0.210. The number of para-hydroxylation sites is 1. The predicted molar refractivity (Wildman–Crippen MR) is 128 cm³/mol. The Labute approximate surface area is 200 Å². The highest BCUT2D eigenvalue weighted by Gasteiger charge is 2.15. The maximum atomic E-state index is 13.3. The fourth-order valence-electron chi connectivity index (χ4n) is 3.33. The van der Waals surface area contributed by atoms with Gasteiger partial charge in [-0.15, -0.1) is 0 Å². The average molecular weight is 523 g/mol. The normalized spacial score (nSPS) is 11.2. The Bertz CT molecular complexity index is 1480. The van der Waals surface area contributed by atoms with Crippen molar-refractivity contribution in [1.82, 2.24) is 19.7 Å². The third-order valence-corrected chi connectivity index (χ3v) is 6.47. The van der Waals surface area contributed by atoms with E-state index in [1.807, 2.05) is 36.4 Å². The molecule has 33 heavy (non-hydrogen) atoms. The van der Waals surface area contributed by atoms with Crippen molar-refractivity contribution in [2.24, 2.45) is 0 Å². The van der Waals surface area contributed by atoms with Gasteiger partial charge in [0, 0.05) is 10.0 Å². The lowest BCUT2D eigenvalue weighted by Crippen LogP contribution is -2.24. The molecule has 3 aromatic carbocycles. The van der Waals surface area contributed by atoms with Gasteiger partial charge in [0.1, 0.15) is 5.82 Å². The molecule has 2 aromatic heterocycles. The Morgan fingerprint density at radius 3 is 2.52 bits per heavy atom. The molecule has 0 radical (unpaired) electrons. The van der Waals surface area contributed by atoms with E-state index in [1.165, 1.54) is 23.9 Å². The molecule has 0 spiro atoms. The van der Waals surface area contributed by atoms with Gasteiger partial charge in [-0.05, 0) is 54.1 Å². The molecule has 164 valence electrons. The second kappa shape index (κ2) is 9.29. The van der Waals surface area contributed by atoms with Crippen molar-refractivity contribution in [3.63, 3.8) is 0 Å². The molecule has 0 atom stereocenters. The summed E-state index contributed by atoms with van der Waals surface area (Å²) in [6.07, 6.45) is 0. The van der Waals surface area contributed by atoms with Gasteiger partial charge in [-0.1, -0.05) is 57.1 Å². The van der Waals surface area contributed by atoms with Gasteiger partial charge in [-0.2, -0.15) is 4.98 Å². The van der Waals surface area contributed by atoms with E-state index in [0.717, 1.165) is 15.6 Å². The first kappa shape index (κ1) is 21.5. The summed E-state index contributed by atoms with van der Waals surface area (Å²) >= 11 is 4.75. The van der Waals surface area contributed by atoms with Crippen LogP contribution in [0.15, 0.2) is 91.7 Å². The molecule has 5 rings (SSSR count). The molecule has 0 saturated carbocycles. The van der Waals surface area contributed by atoms with Gasteiger partial charge in [-0.25, -0.2) is 9.37 Å². The molecule has 0 aliphatic heterocycles. The van der Waals surface area contributed by atoms with Crippen LogP contribution in [-0.4, -0.2) is 19.7 Å². The van der Waals surface area contributed by atoms with E-state index < -0.39 is 0 Å². The summed E-state index contributed by atoms with van der Waals surface area (Å²) in [7, 11) is 0. The van der Waals surface area contributed by atoms with Crippen LogP contribution in [0.1, 0.15) is 11.5 Å². The van der Waals surface area contributed by atoms with Crippen LogP contribution in [0, 0.1) is 5.82 Å². The third-order valence-electron chi connectivity index (χ3n) is 4.98. The van der Waals surface area contributed by atoms with Gasteiger partial charge in [-0.3, -0.25) is 9.36 Å². The Hall–Kier alpha value is -3.30. The molecule has 2 heterocycles. The van der Waals surface area contributed by atoms with Gasteiger partial charge >= 0.3 is 0 Å². The van der Waals surface area contributed by atoms with E-state index >= 15 is 0 Å². The largest absolute Gasteiger partial charge is 0.338 e. The summed E-state index contributed by atoms with van der Waals surface area (Å²) in [5.41, 5.74) is 2.10. The van der Waals surface area contributed by atoms with Crippen molar-refractivity contribution in [3.05, 3.63) is 105 Å². The van der Waals surface area contributed by atoms with Gasteiger partial charge < -0.3 is 4.52 Å². The topological polar surface area (TPSA) is 73.8 Å². The molecule has 0 saturated heterocycles. The molecule has 0 amide bonds. The first-order valence-electron chi connectivity index (χ1n) is 10.0. The fraction of sp³-hybridized carbons (Fsp3) is 0.0833. The Morgan fingerprint density at radius 1 is 0.970 bits per heavy atom. The maximum absolute atomic E-state index is 13.3. The SMILES string of the molecule is O=c1c2ccccc2nc(SCc2nc(-c3ccc(Br)cc3)no2)n1Cc1ccc(F)cc1. The van der Waals surface area contributed by atoms with Crippen LogP contribution in [-0.2, 0) is 12.3 Å². The fourth-order valence-corrected chi connectivity index (χ4v) is 4.43. The zero-order valence-corrected chi connectivity index (χ0v) is 19.5. The summed E-state index contributed by atoms with van der Waals surface area (Å²) < 4.78 is 21.3. The van der Waals surface area contributed by atoms with Crippen molar-refractivity contribution in [3.8, 4) is 11.4 Å². The van der Waals surface area contributed by atoms with Crippen molar-refractivity contribution >= 4 is 38.6 Å². The van der Waals surface area contributed by atoms with Gasteiger partial charge in [0.2, 0.25) is 11.7 Å². The second-order valence-electron chi connectivity index (χ2n) is 7.24. The molecular formula is C24H16BrFN4O2S. The smallest absolute Gasteiger partial charge is 0.262 e. The highest BCUT2D eigenvalue weighted by Crippen LogP contribution is 2.24. The molecule has 0 fully saturated rings. The van der Waals surface area contributed by atoms with E-state index in [4.69, 9.17) is 9.51 Å². The van der Waals surface area contributed by atoms with Crippen molar-refractivity contribution < 1.29 is 8.91 Å². The lowest BCUT2D eigenvalue weighted by molar-refractivity contribution is 0.391. The van der Waals surface area contributed by atoms with E-state index in [0.29, 0.717) is 33.5 Å². The highest BCUT2D eigenvalue weighted by molar-refractivity contribution is 9.10. The van der Waals surface area contributed by atoms with Crippen molar-refractivity contribution in [1.29, 1.82) is 0 Å². The zero-order chi connectivity index (χ0) is 22.8. The van der Waals surface area contributed by atoms with E-state index in [2.05, 4.69) is 26.1 Å². The Morgan fingerprint density at radius 2 is 1.73 bits per heavy atom. The van der Waals surface area contributed by atoms with E-state index in [9.17, 15) is 9.18 Å². The number of hydrogen-bond donors (Lipinski definition) is 0. The number of thioether (sulfide) groups is 1. The summed E-state index contributed by atoms with van der Waals surface area (Å²) in [5, 5.41) is 5.10. The number of hydrogen-bond acceptors (Lipinski definition) is 6. The van der Waals surface area contributed by atoms with Crippen LogP contribution in [0.25, 0.3) is 22.3 Å². The number of aromatic nitrogens is 4. The molecule has 0 N–H and O–H groups in total. The van der Waals surface area contributed by atoms with E-state index in [-0.39, 0.29) is 17.9 Å². The molecule has 9 heteroatoms. The van der Waals surface area contributed by atoms with Crippen molar-refractivity contribution in [2.45, 2.75) is 17.5 Å². The van der Waals surface area contributed by atoms with Crippen LogP contribution in [0.3, 0.4) is 0 Å². The maximum Gasteiger partial charge on any atom is 0.262 e. The van der Waals surface area contributed by atoms with Crippen LogP contribution >= 0.6 is 27.7 Å². The first-order valence-corrected chi connectivity index (χ1v) is 11.8. The Kier molecular flexibility index (Phi) is 6.06. The first-order chi connectivity index (χ1) is 16.1. The van der Waals surface area contributed by atoms with Crippen LogP contribution in [0.2, 0.25) is 0 Å². The monoisotopic (exact) mass is 522 g/mol. The molecule has 6 nitrogen and oxygen atoms in total. The van der Waals surface area contributed by atoms with Crippen LogP contribution in [0.5, 0.6) is 0 Å². The summed E-state index contributed by atoms with van der Waals surface area (Å²) in [6, 6.07) is 20.9. The predicted octanol–water partition coefficient (Wildman–Crippen LogP) is 5.69. The van der Waals surface area contributed by atoms with E-state index in [1.54, 1.807) is 28.8 Å². The molecule has 0 bridgehead atoms. The summed E-state index contributed by atoms with van der Waals surface area (Å²) in [5.74, 6) is 0.940. The minimum atomic E-state index is -0.324. The lowest BCUT2D eigenvalue weighted by Gasteiger charge is -2.12. The number of halogens is 2. The third kappa shape index (κ3) is 4.74. The van der Waals surface area contributed by atoms with Crippen LogP contribution in [0.4, 0.5) is 4.39 Å². The molecule has 0 aliphatic rings. The standard InChI is InChI=1S/C24H16BrFN4O2S/c25-17-9-7-16(8-10-17)22-28-21(32-29-22)14-33-24-27-20-4-2-1-3-19(20)23(31)30(24)13-15-5-11-18(26)12-6-15/h1-12H,13-14H2. The number of nitrogens with zero attached hydrogens (tertiary/aromatic N) is 4. The number of rotatable bonds is 6. The molecule has 0 aliphatic carbocycles. The number of fused-ring (bicyclic) bond motifs is 1. The summed E-state index contributed by atoms with van der Waals surface area (Å²) in [6.45, 7) is 0.271. The summed E-state index contributed by atoms with van der Waals surface area (Å²) in [4.78, 5) is 22.4. The van der Waals surface area contributed by atoms with Gasteiger partial charge in [0.15, 0.2) is 5.16 Å². The zero-order valence-electron chi connectivity index (χ0n) is 17.1. The van der Waals surface area contributed by atoms with Gasteiger partial charge in [0.05, 0.1) is 23.2 Å². The lowest BCUT2D eigenvalue weighted by atomic mass is 10.2. The number of benzene rings is 3. The molecule has 0 unspecified atom stereocenters. The second-order valence-corrected chi connectivity index (χ2v) is 9.09. The average Bonchev–Trinajstić information content (AvgIpc) is 3.30. The Balaban J connectivity index is 1.45. The minimum Gasteiger partial charge on any atom is -0.338 e. The van der Waals surface area contributed by atoms with Crippen LogP contribution < -0.4 is 5.56 Å². The molecular weight excluding hydrogens is 507 g/mol. The molecule has 5 aromatic rings. The minimum absolute atomic E-state index is 0.159. The van der Waals surface area contributed by atoms with Crippen molar-refractivity contribution in [2.75, 3.05) is 0 Å².